The van der Waals surface area contributed by atoms with E-state index >= 15 is 0 Å². The molecule has 1 aliphatic rings. The second-order valence-electron chi connectivity index (χ2n) is 8.19. The number of halogens is 2. The summed E-state index contributed by atoms with van der Waals surface area (Å²) in [6, 6.07) is 17.8. The lowest BCUT2D eigenvalue weighted by atomic mass is 10.0. The summed E-state index contributed by atoms with van der Waals surface area (Å²) in [5, 5.41) is 7.87. The van der Waals surface area contributed by atoms with E-state index in [9.17, 15) is 17.2 Å². The fourth-order valence-electron chi connectivity index (χ4n) is 4.25. The SMILES string of the molecule is N=C/C(=C\NS(=O)(=O)c1ccccc1)c1ccc2nc3c(n2c1)C(c1ccccc1OC(F)F)OCC3. The van der Waals surface area contributed by atoms with E-state index in [1.165, 1.54) is 24.4 Å². The molecule has 37 heavy (non-hydrogen) atoms. The summed E-state index contributed by atoms with van der Waals surface area (Å²) in [4.78, 5) is 4.77. The normalized spacial score (nSPS) is 16.0. The van der Waals surface area contributed by atoms with Crippen LogP contribution in [0.15, 0.2) is 84.0 Å². The van der Waals surface area contributed by atoms with Crippen molar-refractivity contribution in [3.8, 4) is 5.75 Å². The first-order valence-electron chi connectivity index (χ1n) is 11.3. The predicted octanol–water partition coefficient (Wildman–Crippen LogP) is 4.57. The standard InChI is InChI=1S/C26H22F2N4O4S/c27-26(28)36-22-9-5-4-8-20(22)25-24-21(12-13-35-25)31-23-11-10-17(16-32(23)24)18(14-29)15-30-37(33,34)19-6-2-1-3-7-19/h1-11,14-16,25-26,29-30H,12-13H2/b18-15+,29-14?. The van der Waals surface area contributed by atoms with E-state index in [-0.39, 0.29) is 10.6 Å². The van der Waals surface area contributed by atoms with Gasteiger partial charge in [0.15, 0.2) is 0 Å². The molecule has 0 saturated heterocycles. The maximum Gasteiger partial charge on any atom is 0.387 e. The third kappa shape index (κ3) is 4.95. The number of benzene rings is 2. The van der Waals surface area contributed by atoms with Crippen LogP contribution in [0, 0.1) is 5.41 Å². The zero-order valence-electron chi connectivity index (χ0n) is 19.3. The van der Waals surface area contributed by atoms with Gasteiger partial charge in [0, 0.05) is 41.7 Å². The van der Waals surface area contributed by atoms with E-state index in [1.807, 2.05) is 0 Å². The number of allylic oxidation sites excluding steroid dienone is 1. The van der Waals surface area contributed by atoms with Gasteiger partial charge >= 0.3 is 6.61 Å². The van der Waals surface area contributed by atoms with Gasteiger partial charge in [0.05, 0.1) is 22.9 Å². The molecular weight excluding hydrogens is 502 g/mol. The van der Waals surface area contributed by atoms with E-state index in [2.05, 4.69) is 9.71 Å². The Morgan fingerprint density at radius 2 is 1.89 bits per heavy atom. The maximum absolute atomic E-state index is 13.0. The van der Waals surface area contributed by atoms with Crippen LogP contribution in [-0.2, 0) is 21.2 Å². The van der Waals surface area contributed by atoms with Crippen LogP contribution in [0.5, 0.6) is 5.75 Å². The minimum Gasteiger partial charge on any atom is -0.434 e. The number of para-hydroxylation sites is 1. The molecule has 0 aliphatic carbocycles. The van der Waals surface area contributed by atoms with Crippen molar-refractivity contribution in [2.75, 3.05) is 6.61 Å². The van der Waals surface area contributed by atoms with Gasteiger partial charge < -0.3 is 19.3 Å². The zero-order valence-corrected chi connectivity index (χ0v) is 20.2. The molecule has 3 heterocycles. The molecule has 4 aromatic rings. The molecule has 1 unspecified atom stereocenters. The number of alkyl halides is 2. The lowest BCUT2D eigenvalue weighted by Gasteiger charge is -2.25. The molecule has 2 N–H and O–H groups in total. The van der Waals surface area contributed by atoms with Crippen molar-refractivity contribution in [1.82, 2.24) is 14.1 Å². The Morgan fingerprint density at radius 3 is 2.65 bits per heavy atom. The van der Waals surface area contributed by atoms with Gasteiger partial charge in [0.1, 0.15) is 17.5 Å². The topological polar surface area (TPSA) is 106 Å². The summed E-state index contributed by atoms with van der Waals surface area (Å²) in [7, 11) is -3.82. The summed E-state index contributed by atoms with van der Waals surface area (Å²) in [5.41, 5.74) is 3.30. The number of imidazole rings is 1. The Hall–Kier alpha value is -4.09. The number of hydrogen-bond donors (Lipinski definition) is 2. The number of aromatic nitrogens is 2. The quantitative estimate of drug-likeness (QED) is 0.329. The van der Waals surface area contributed by atoms with Crippen LogP contribution in [0.25, 0.3) is 11.2 Å². The van der Waals surface area contributed by atoms with Crippen molar-refractivity contribution < 1.29 is 26.7 Å². The molecule has 8 nitrogen and oxygen atoms in total. The first-order valence-corrected chi connectivity index (χ1v) is 12.8. The van der Waals surface area contributed by atoms with Gasteiger partial charge in [-0.2, -0.15) is 8.78 Å². The van der Waals surface area contributed by atoms with Crippen molar-refractivity contribution in [2.24, 2.45) is 0 Å². The molecule has 1 atom stereocenters. The van der Waals surface area contributed by atoms with E-state index in [4.69, 9.17) is 14.9 Å². The minimum absolute atomic E-state index is 0.0110. The minimum atomic E-state index is -3.82. The van der Waals surface area contributed by atoms with Gasteiger partial charge in [-0.15, -0.1) is 0 Å². The van der Waals surface area contributed by atoms with Gasteiger partial charge in [0.25, 0.3) is 10.0 Å². The highest BCUT2D eigenvalue weighted by Gasteiger charge is 2.30. The van der Waals surface area contributed by atoms with E-state index in [0.29, 0.717) is 41.1 Å². The first-order chi connectivity index (χ1) is 17.9. The summed E-state index contributed by atoms with van der Waals surface area (Å²) in [6.45, 7) is -2.64. The highest BCUT2D eigenvalue weighted by molar-refractivity contribution is 7.89. The highest BCUT2D eigenvalue weighted by atomic mass is 32.2. The van der Waals surface area contributed by atoms with E-state index in [0.717, 1.165) is 11.9 Å². The average molecular weight is 525 g/mol. The summed E-state index contributed by atoms with van der Waals surface area (Å²) in [6.07, 6.45) is 3.82. The van der Waals surface area contributed by atoms with Crippen LogP contribution in [0.1, 0.15) is 28.6 Å². The van der Waals surface area contributed by atoms with Crippen LogP contribution in [0.2, 0.25) is 0 Å². The van der Waals surface area contributed by atoms with Crippen LogP contribution in [0.3, 0.4) is 0 Å². The Labute approximate surface area is 211 Å². The van der Waals surface area contributed by atoms with Crippen molar-refractivity contribution in [3.63, 3.8) is 0 Å². The molecule has 2 aromatic heterocycles. The van der Waals surface area contributed by atoms with Gasteiger partial charge in [-0.05, 0) is 30.3 Å². The fourth-order valence-corrected chi connectivity index (χ4v) is 5.18. The van der Waals surface area contributed by atoms with E-state index in [1.54, 1.807) is 59.1 Å². The molecule has 0 bridgehead atoms. The smallest absolute Gasteiger partial charge is 0.387 e. The van der Waals surface area contributed by atoms with Crippen molar-refractivity contribution in [3.05, 3.63) is 102 Å². The lowest BCUT2D eigenvalue weighted by Crippen LogP contribution is -2.20. The molecule has 2 aromatic carbocycles. The molecule has 190 valence electrons. The lowest BCUT2D eigenvalue weighted by molar-refractivity contribution is -0.0522. The number of ether oxygens (including phenoxy) is 2. The first kappa shape index (κ1) is 24.6. The van der Waals surface area contributed by atoms with Crippen LogP contribution in [0.4, 0.5) is 8.78 Å². The van der Waals surface area contributed by atoms with Gasteiger partial charge in [-0.1, -0.05) is 36.4 Å². The van der Waals surface area contributed by atoms with Crippen LogP contribution < -0.4 is 9.46 Å². The molecule has 0 saturated carbocycles. The van der Waals surface area contributed by atoms with Crippen LogP contribution >= 0.6 is 0 Å². The Morgan fingerprint density at radius 1 is 1.14 bits per heavy atom. The highest BCUT2D eigenvalue weighted by Crippen LogP contribution is 2.38. The molecule has 1 aliphatic heterocycles. The number of rotatable bonds is 8. The maximum atomic E-state index is 13.0. The molecule has 0 fully saturated rings. The Bertz CT molecular complexity index is 1590. The predicted molar refractivity (Wildman–Crippen MR) is 133 cm³/mol. The van der Waals surface area contributed by atoms with Crippen molar-refractivity contribution in [2.45, 2.75) is 24.0 Å². The van der Waals surface area contributed by atoms with Crippen LogP contribution in [-0.4, -0.2) is 37.2 Å². The summed E-state index contributed by atoms with van der Waals surface area (Å²) < 4.78 is 66.3. The second kappa shape index (κ2) is 10.1. The number of nitrogens with one attached hydrogen (secondary N) is 2. The molecular formula is C26H22F2N4O4S. The van der Waals surface area contributed by atoms with Crippen molar-refractivity contribution >= 4 is 27.5 Å². The zero-order chi connectivity index (χ0) is 26.0. The second-order valence-corrected chi connectivity index (χ2v) is 9.90. The molecule has 0 radical (unpaired) electrons. The van der Waals surface area contributed by atoms with Gasteiger partial charge in [-0.25, -0.2) is 13.4 Å². The monoisotopic (exact) mass is 524 g/mol. The number of nitrogens with zero attached hydrogens (tertiary/aromatic N) is 2. The number of sulfonamides is 1. The number of pyridine rings is 1. The Kier molecular flexibility index (Phi) is 6.72. The average Bonchev–Trinajstić information content (AvgIpc) is 3.28. The number of fused-ring (bicyclic) bond motifs is 3. The van der Waals surface area contributed by atoms with Gasteiger partial charge in [0.2, 0.25) is 0 Å². The molecule has 0 spiro atoms. The van der Waals surface area contributed by atoms with E-state index < -0.39 is 22.7 Å². The van der Waals surface area contributed by atoms with Crippen molar-refractivity contribution in [1.29, 1.82) is 5.41 Å². The summed E-state index contributed by atoms with van der Waals surface area (Å²) >= 11 is 0. The van der Waals surface area contributed by atoms with Gasteiger partial charge in [-0.3, -0.25) is 4.72 Å². The third-order valence-electron chi connectivity index (χ3n) is 5.93. The Balaban J connectivity index is 1.55. The molecule has 0 amide bonds. The fraction of sp³-hybridized carbons (Fsp3) is 0.154. The number of hydrogen-bond acceptors (Lipinski definition) is 6. The molecule has 11 heteroatoms. The molecule has 5 rings (SSSR count). The third-order valence-corrected chi connectivity index (χ3v) is 7.25. The largest absolute Gasteiger partial charge is 0.434 e. The summed E-state index contributed by atoms with van der Waals surface area (Å²) in [5.74, 6) is 0.0110.